The second-order valence-corrected chi connectivity index (χ2v) is 10.4. The molecular weight excluding hydrogens is 414 g/mol. The molecule has 1 saturated carbocycles. The molecule has 4 rings (SSSR count). The molecule has 0 radical (unpaired) electrons. The molecule has 1 atom stereocenters. The largest absolute Gasteiger partial charge is 0.508 e. The lowest BCUT2D eigenvalue weighted by atomic mass is 9.93. The summed E-state index contributed by atoms with van der Waals surface area (Å²) in [7, 11) is -3.39. The molecule has 1 aliphatic carbocycles. The number of phenols is 1. The molecule has 1 heterocycles. The number of carbonyl (C=O) groups is 1. The minimum atomic E-state index is -3.39. The summed E-state index contributed by atoms with van der Waals surface area (Å²) in [6, 6.07) is 13.9. The summed E-state index contributed by atoms with van der Waals surface area (Å²) in [5.41, 5.74) is 1.51. The van der Waals surface area contributed by atoms with E-state index < -0.39 is 15.4 Å². The number of rotatable bonds is 8. The predicted octanol–water partition coefficient (Wildman–Crippen LogP) is 2.75. The third-order valence-corrected chi connectivity index (χ3v) is 6.73. The molecule has 0 aromatic heterocycles. The van der Waals surface area contributed by atoms with Gasteiger partial charge in [0, 0.05) is 12.2 Å². The lowest BCUT2D eigenvalue weighted by Crippen LogP contribution is -2.41. The monoisotopic (exact) mass is 443 g/mol. The molecule has 2 aromatic carbocycles. The summed E-state index contributed by atoms with van der Waals surface area (Å²) in [5.74, 6) is 0.121. The van der Waals surface area contributed by atoms with Gasteiger partial charge in [-0.05, 0) is 74.2 Å². The summed E-state index contributed by atoms with van der Waals surface area (Å²) in [6.07, 6.45) is 4.86. The van der Waals surface area contributed by atoms with E-state index in [0.717, 1.165) is 56.2 Å². The maximum atomic E-state index is 13.4. The Balaban J connectivity index is 1.56. The van der Waals surface area contributed by atoms with Crippen molar-refractivity contribution in [1.29, 1.82) is 0 Å². The van der Waals surface area contributed by atoms with Crippen LogP contribution in [0.5, 0.6) is 5.75 Å². The van der Waals surface area contributed by atoms with Crippen LogP contribution in [0, 0.1) is 0 Å². The van der Waals surface area contributed by atoms with E-state index in [1.54, 1.807) is 36.4 Å². The van der Waals surface area contributed by atoms with Gasteiger partial charge in [0.05, 0.1) is 17.7 Å². The fourth-order valence-corrected chi connectivity index (χ4v) is 4.92. The fourth-order valence-electron chi connectivity index (χ4n) is 4.36. The number of nitrogens with one attached hydrogen (secondary N) is 2. The molecule has 0 spiro atoms. The summed E-state index contributed by atoms with van der Waals surface area (Å²) in [4.78, 5) is 15.8. The van der Waals surface area contributed by atoms with Crippen molar-refractivity contribution in [2.24, 2.45) is 0 Å². The number of aromatic hydroxyl groups is 1. The van der Waals surface area contributed by atoms with Crippen LogP contribution in [0.25, 0.3) is 0 Å². The normalized spacial score (nSPS) is 19.0. The number of sulfonamides is 1. The zero-order valence-corrected chi connectivity index (χ0v) is 18.5. The molecule has 2 aliphatic rings. The number of likely N-dealkylation sites (tertiary alicyclic amines) is 1. The van der Waals surface area contributed by atoms with Gasteiger partial charge in [0.15, 0.2) is 0 Å². The molecule has 8 heteroatoms. The quantitative estimate of drug-likeness (QED) is 0.583. The van der Waals surface area contributed by atoms with Gasteiger partial charge < -0.3 is 15.3 Å². The first-order valence-corrected chi connectivity index (χ1v) is 12.5. The van der Waals surface area contributed by atoms with E-state index >= 15 is 0 Å². The average molecular weight is 444 g/mol. The van der Waals surface area contributed by atoms with Gasteiger partial charge in [-0.3, -0.25) is 9.52 Å². The van der Waals surface area contributed by atoms with Gasteiger partial charge in [0.1, 0.15) is 5.75 Å². The molecule has 0 bridgehead atoms. The molecule has 7 nitrogen and oxygen atoms in total. The molecular formula is C23H29N3O4S. The average Bonchev–Trinajstić information content (AvgIpc) is 3.37. The van der Waals surface area contributed by atoms with Crippen LogP contribution in [0.2, 0.25) is 0 Å². The highest BCUT2D eigenvalue weighted by Gasteiger charge is 2.51. The lowest BCUT2D eigenvalue weighted by Gasteiger charge is -2.27. The van der Waals surface area contributed by atoms with Crippen LogP contribution in [-0.2, 0) is 20.2 Å². The summed E-state index contributed by atoms with van der Waals surface area (Å²) in [6.45, 7) is 2.71. The van der Waals surface area contributed by atoms with Crippen LogP contribution in [0.1, 0.15) is 42.9 Å². The Morgan fingerprint density at radius 1 is 1.13 bits per heavy atom. The Kier molecular flexibility index (Phi) is 5.94. The number of hydrogen-bond donors (Lipinski definition) is 3. The highest BCUT2D eigenvalue weighted by Crippen LogP contribution is 2.49. The SMILES string of the molecule is CS(=O)(=O)Nc1cccc(C2(C(=O)N[C@@H](CN3CCCC3)c3cccc(O)c3)CC2)c1. The summed E-state index contributed by atoms with van der Waals surface area (Å²) >= 11 is 0. The van der Waals surface area contributed by atoms with Crippen LogP contribution in [-0.4, -0.2) is 50.2 Å². The fraction of sp³-hybridized carbons (Fsp3) is 0.435. The highest BCUT2D eigenvalue weighted by molar-refractivity contribution is 7.92. The van der Waals surface area contributed by atoms with Gasteiger partial charge in [-0.15, -0.1) is 0 Å². The molecule has 31 heavy (non-hydrogen) atoms. The highest BCUT2D eigenvalue weighted by atomic mass is 32.2. The molecule has 2 aromatic rings. The van der Waals surface area contributed by atoms with Crippen molar-refractivity contribution >= 4 is 21.6 Å². The van der Waals surface area contributed by atoms with Crippen LogP contribution >= 0.6 is 0 Å². The zero-order chi connectivity index (χ0) is 22.1. The molecule has 1 aliphatic heterocycles. The maximum Gasteiger partial charge on any atom is 0.231 e. The van der Waals surface area contributed by atoms with E-state index in [1.165, 1.54) is 0 Å². The van der Waals surface area contributed by atoms with E-state index in [9.17, 15) is 18.3 Å². The maximum absolute atomic E-state index is 13.4. The van der Waals surface area contributed by atoms with Gasteiger partial charge in [-0.2, -0.15) is 0 Å². The number of nitrogens with zero attached hydrogens (tertiary/aromatic N) is 1. The number of amides is 1. The van der Waals surface area contributed by atoms with Crippen LogP contribution in [0.3, 0.4) is 0 Å². The molecule has 1 amide bonds. The second-order valence-electron chi connectivity index (χ2n) is 8.67. The van der Waals surface area contributed by atoms with Crippen molar-refractivity contribution < 1.29 is 18.3 Å². The standard InChI is InChI=1S/C23H29N3O4S/c1-31(29,30)25-19-8-5-7-18(15-19)23(10-11-23)22(28)24-21(16-26-12-2-3-13-26)17-6-4-9-20(27)14-17/h4-9,14-15,21,25,27H,2-3,10-13,16H2,1H3,(H,24,28)/t21-/m0/s1. The summed E-state index contributed by atoms with van der Waals surface area (Å²) < 4.78 is 25.7. The van der Waals surface area contributed by atoms with Gasteiger partial charge in [-0.25, -0.2) is 8.42 Å². The van der Waals surface area contributed by atoms with Crippen molar-refractivity contribution in [2.75, 3.05) is 30.6 Å². The first-order chi connectivity index (χ1) is 14.7. The van der Waals surface area contributed by atoms with Crippen molar-refractivity contribution in [3.63, 3.8) is 0 Å². The Morgan fingerprint density at radius 3 is 2.48 bits per heavy atom. The molecule has 2 fully saturated rings. The number of hydrogen-bond acceptors (Lipinski definition) is 5. The number of benzene rings is 2. The minimum Gasteiger partial charge on any atom is -0.508 e. The number of carbonyl (C=O) groups excluding carboxylic acids is 1. The van der Waals surface area contributed by atoms with E-state index in [4.69, 9.17) is 0 Å². The van der Waals surface area contributed by atoms with Crippen LogP contribution in [0.15, 0.2) is 48.5 Å². The Bertz CT molecular complexity index is 1060. The van der Waals surface area contributed by atoms with Gasteiger partial charge >= 0.3 is 0 Å². The molecule has 3 N–H and O–H groups in total. The molecule has 166 valence electrons. The van der Waals surface area contributed by atoms with Crippen molar-refractivity contribution in [3.8, 4) is 5.75 Å². The third-order valence-electron chi connectivity index (χ3n) is 6.12. The van der Waals surface area contributed by atoms with E-state index in [1.807, 2.05) is 12.1 Å². The zero-order valence-electron chi connectivity index (χ0n) is 17.7. The van der Waals surface area contributed by atoms with Gasteiger partial charge in [0.2, 0.25) is 15.9 Å². The van der Waals surface area contributed by atoms with Crippen molar-refractivity contribution in [3.05, 3.63) is 59.7 Å². The first-order valence-electron chi connectivity index (χ1n) is 10.7. The van der Waals surface area contributed by atoms with Crippen molar-refractivity contribution in [1.82, 2.24) is 10.2 Å². The van der Waals surface area contributed by atoms with Crippen molar-refractivity contribution in [2.45, 2.75) is 37.1 Å². The van der Waals surface area contributed by atoms with E-state index in [0.29, 0.717) is 12.2 Å². The lowest BCUT2D eigenvalue weighted by molar-refractivity contribution is -0.124. The van der Waals surface area contributed by atoms with E-state index in [2.05, 4.69) is 14.9 Å². The first kappa shape index (κ1) is 21.6. The number of phenolic OH excluding ortho intramolecular Hbond substituents is 1. The van der Waals surface area contributed by atoms with Gasteiger partial charge in [-0.1, -0.05) is 24.3 Å². The van der Waals surface area contributed by atoms with E-state index in [-0.39, 0.29) is 17.7 Å². The Morgan fingerprint density at radius 2 is 1.84 bits per heavy atom. The number of anilines is 1. The minimum absolute atomic E-state index is 0.0588. The third kappa shape index (κ3) is 5.19. The van der Waals surface area contributed by atoms with Crippen LogP contribution in [0.4, 0.5) is 5.69 Å². The Hall–Kier alpha value is -2.58. The Labute approximate surface area is 183 Å². The van der Waals surface area contributed by atoms with Crippen LogP contribution < -0.4 is 10.0 Å². The summed E-state index contributed by atoms with van der Waals surface area (Å²) in [5, 5.41) is 13.2. The molecule has 1 saturated heterocycles. The topological polar surface area (TPSA) is 98.7 Å². The molecule has 0 unspecified atom stereocenters. The van der Waals surface area contributed by atoms with Gasteiger partial charge in [0.25, 0.3) is 0 Å². The second kappa shape index (κ2) is 8.51. The predicted molar refractivity (Wildman–Crippen MR) is 120 cm³/mol. The smallest absolute Gasteiger partial charge is 0.231 e.